The standard InChI is InChI=1S/C20H19BrN4O3/c1-2-25-18(19(22)26)16(11-23-25)24-20(27)14-9-7-13(8-10-14)12-28-17-6-4-3-5-15(17)21/h3-11H,2,12H2,1H3,(H2,22,26)(H,24,27). The van der Waals surface area contributed by atoms with E-state index in [4.69, 9.17) is 10.5 Å². The summed E-state index contributed by atoms with van der Waals surface area (Å²) in [6.45, 7) is 2.68. The zero-order valence-electron chi connectivity index (χ0n) is 15.2. The van der Waals surface area contributed by atoms with Crippen LogP contribution < -0.4 is 15.8 Å². The molecule has 3 aromatic rings. The maximum atomic E-state index is 12.5. The quantitative estimate of drug-likeness (QED) is 0.583. The molecule has 1 aromatic heterocycles. The van der Waals surface area contributed by atoms with Gasteiger partial charge in [-0.05, 0) is 52.7 Å². The number of hydrogen-bond donors (Lipinski definition) is 2. The Labute approximate surface area is 170 Å². The van der Waals surface area contributed by atoms with Gasteiger partial charge in [0, 0.05) is 12.1 Å². The monoisotopic (exact) mass is 442 g/mol. The summed E-state index contributed by atoms with van der Waals surface area (Å²) in [7, 11) is 0. The number of anilines is 1. The normalized spacial score (nSPS) is 10.5. The fourth-order valence-electron chi connectivity index (χ4n) is 2.65. The fourth-order valence-corrected chi connectivity index (χ4v) is 3.05. The van der Waals surface area contributed by atoms with Gasteiger partial charge in [-0.15, -0.1) is 0 Å². The lowest BCUT2D eigenvalue weighted by Crippen LogP contribution is -2.21. The molecule has 0 aliphatic rings. The Bertz CT molecular complexity index is 999. The molecule has 2 aromatic carbocycles. The average molecular weight is 443 g/mol. The van der Waals surface area contributed by atoms with E-state index in [1.807, 2.05) is 43.3 Å². The molecule has 0 bridgehead atoms. The second kappa shape index (κ2) is 8.71. The molecule has 0 unspecified atom stereocenters. The third kappa shape index (κ3) is 4.40. The van der Waals surface area contributed by atoms with Crippen LogP contribution in [0.1, 0.15) is 33.3 Å². The largest absolute Gasteiger partial charge is 0.488 e. The topological polar surface area (TPSA) is 99.2 Å². The first kappa shape index (κ1) is 19.6. The number of carbonyl (C=O) groups excluding carboxylic acids is 2. The van der Waals surface area contributed by atoms with Crippen LogP contribution in [0.3, 0.4) is 0 Å². The molecule has 0 radical (unpaired) electrons. The van der Waals surface area contributed by atoms with Gasteiger partial charge < -0.3 is 15.8 Å². The fraction of sp³-hybridized carbons (Fsp3) is 0.150. The molecule has 0 saturated heterocycles. The summed E-state index contributed by atoms with van der Waals surface area (Å²) >= 11 is 3.44. The van der Waals surface area contributed by atoms with Crippen molar-refractivity contribution in [2.24, 2.45) is 5.73 Å². The molecule has 0 spiro atoms. The Kier molecular flexibility index (Phi) is 6.10. The van der Waals surface area contributed by atoms with Gasteiger partial charge in [-0.3, -0.25) is 14.3 Å². The molecule has 0 saturated carbocycles. The van der Waals surface area contributed by atoms with Gasteiger partial charge in [0.1, 0.15) is 18.1 Å². The Balaban J connectivity index is 1.67. The molecule has 3 N–H and O–H groups in total. The predicted octanol–water partition coefficient (Wildman–Crippen LogP) is 3.60. The van der Waals surface area contributed by atoms with E-state index in [0.717, 1.165) is 15.8 Å². The van der Waals surface area contributed by atoms with E-state index in [1.165, 1.54) is 10.9 Å². The highest BCUT2D eigenvalue weighted by Gasteiger charge is 2.17. The number of rotatable bonds is 7. The van der Waals surface area contributed by atoms with E-state index in [1.54, 1.807) is 12.1 Å². The van der Waals surface area contributed by atoms with Crippen LogP contribution in [0, 0.1) is 0 Å². The number of aromatic nitrogens is 2. The molecule has 8 heteroatoms. The predicted molar refractivity (Wildman–Crippen MR) is 109 cm³/mol. The highest BCUT2D eigenvalue weighted by atomic mass is 79.9. The lowest BCUT2D eigenvalue weighted by molar-refractivity contribution is 0.0991. The number of primary amides is 1. The van der Waals surface area contributed by atoms with Crippen molar-refractivity contribution in [3.63, 3.8) is 0 Å². The highest BCUT2D eigenvalue weighted by molar-refractivity contribution is 9.10. The van der Waals surface area contributed by atoms with Crippen LogP contribution in [-0.2, 0) is 13.2 Å². The van der Waals surface area contributed by atoms with Crippen molar-refractivity contribution in [3.8, 4) is 5.75 Å². The van der Waals surface area contributed by atoms with Crippen molar-refractivity contribution < 1.29 is 14.3 Å². The van der Waals surface area contributed by atoms with Gasteiger partial charge in [0.2, 0.25) is 0 Å². The maximum absolute atomic E-state index is 12.5. The third-order valence-electron chi connectivity index (χ3n) is 4.07. The summed E-state index contributed by atoms with van der Waals surface area (Å²) in [4.78, 5) is 24.1. The molecule has 0 atom stereocenters. The van der Waals surface area contributed by atoms with Crippen molar-refractivity contribution in [1.29, 1.82) is 0 Å². The molecule has 144 valence electrons. The lowest BCUT2D eigenvalue weighted by atomic mass is 10.1. The number of para-hydroxylation sites is 1. The van der Waals surface area contributed by atoms with Crippen LogP contribution in [0.15, 0.2) is 59.2 Å². The summed E-state index contributed by atoms with van der Waals surface area (Å²) in [5, 5.41) is 6.74. The Hall–Kier alpha value is -3.13. The molecular weight excluding hydrogens is 424 g/mol. The summed E-state index contributed by atoms with van der Waals surface area (Å²) in [5.74, 6) is -0.248. The number of aryl methyl sites for hydroxylation is 1. The first-order chi connectivity index (χ1) is 13.5. The van der Waals surface area contributed by atoms with Crippen LogP contribution in [0.4, 0.5) is 5.69 Å². The number of halogens is 1. The number of carbonyl (C=O) groups is 2. The smallest absolute Gasteiger partial charge is 0.269 e. The molecule has 0 fully saturated rings. The van der Waals surface area contributed by atoms with E-state index in [-0.39, 0.29) is 11.6 Å². The Morgan fingerprint density at radius 3 is 2.54 bits per heavy atom. The first-order valence-electron chi connectivity index (χ1n) is 8.62. The van der Waals surface area contributed by atoms with Crippen LogP contribution >= 0.6 is 15.9 Å². The number of nitrogens with zero attached hydrogens (tertiary/aromatic N) is 2. The molecular formula is C20H19BrN4O3. The zero-order valence-corrected chi connectivity index (χ0v) is 16.8. The molecule has 1 heterocycles. The minimum atomic E-state index is -0.644. The first-order valence-corrected chi connectivity index (χ1v) is 9.42. The van der Waals surface area contributed by atoms with Gasteiger partial charge in [0.05, 0.1) is 16.4 Å². The van der Waals surface area contributed by atoms with Crippen molar-refractivity contribution in [3.05, 3.63) is 76.0 Å². The third-order valence-corrected chi connectivity index (χ3v) is 4.72. The van der Waals surface area contributed by atoms with Crippen LogP contribution in [0.2, 0.25) is 0 Å². The minimum Gasteiger partial charge on any atom is -0.488 e. The molecule has 28 heavy (non-hydrogen) atoms. The van der Waals surface area contributed by atoms with Gasteiger partial charge in [0.25, 0.3) is 11.8 Å². The van der Waals surface area contributed by atoms with Crippen molar-refractivity contribution in [2.45, 2.75) is 20.1 Å². The summed E-state index contributed by atoms with van der Waals surface area (Å²) in [6.07, 6.45) is 1.42. The molecule has 0 aliphatic heterocycles. The van der Waals surface area contributed by atoms with Gasteiger partial charge >= 0.3 is 0 Å². The average Bonchev–Trinajstić information content (AvgIpc) is 3.10. The maximum Gasteiger partial charge on any atom is 0.269 e. The van der Waals surface area contributed by atoms with Crippen LogP contribution in [0.5, 0.6) is 5.75 Å². The van der Waals surface area contributed by atoms with E-state index in [0.29, 0.717) is 24.4 Å². The van der Waals surface area contributed by atoms with E-state index < -0.39 is 5.91 Å². The summed E-state index contributed by atoms with van der Waals surface area (Å²) in [5.41, 5.74) is 7.23. The van der Waals surface area contributed by atoms with Crippen molar-refractivity contribution in [1.82, 2.24) is 9.78 Å². The Morgan fingerprint density at radius 2 is 1.89 bits per heavy atom. The van der Waals surface area contributed by atoms with Gasteiger partial charge in [0.15, 0.2) is 0 Å². The van der Waals surface area contributed by atoms with E-state index >= 15 is 0 Å². The van der Waals surface area contributed by atoms with Crippen molar-refractivity contribution >= 4 is 33.4 Å². The van der Waals surface area contributed by atoms with Gasteiger partial charge in [-0.2, -0.15) is 5.10 Å². The second-order valence-electron chi connectivity index (χ2n) is 5.96. The molecule has 2 amide bonds. The number of hydrogen-bond acceptors (Lipinski definition) is 4. The molecule has 0 aliphatic carbocycles. The number of amides is 2. The van der Waals surface area contributed by atoms with Gasteiger partial charge in [-0.1, -0.05) is 24.3 Å². The lowest BCUT2D eigenvalue weighted by Gasteiger charge is -2.09. The highest BCUT2D eigenvalue weighted by Crippen LogP contribution is 2.24. The minimum absolute atomic E-state index is 0.175. The Morgan fingerprint density at radius 1 is 1.18 bits per heavy atom. The number of nitrogens with one attached hydrogen (secondary N) is 1. The SMILES string of the molecule is CCn1ncc(NC(=O)c2ccc(COc3ccccc3Br)cc2)c1C(N)=O. The summed E-state index contributed by atoms with van der Waals surface area (Å²) in [6, 6.07) is 14.6. The number of nitrogens with two attached hydrogens (primary N) is 1. The van der Waals surface area contributed by atoms with E-state index in [2.05, 4.69) is 26.3 Å². The van der Waals surface area contributed by atoms with Gasteiger partial charge in [-0.25, -0.2) is 0 Å². The van der Waals surface area contributed by atoms with Crippen LogP contribution in [-0.4, -0.2) is 21.6 Å². The van der Waals surface area contributed by atoms with Crippen molar-refractivity contribution in [2.75, 3.05) is 5.32 Å². The number of benzene rings is 2. The molecule has 3 rings (SSSR count). The summed E-state index contributed by atoms with van der Waals surface area (Å²) < 4.78 is 8.09. The zero-order chi connectivity index (χ0) is 20.1. The molecule has 7 nitrogen and oxygen atoms in total. The van der Waals surface area contributed by atoms with Crippen LogP contribution in [0.25, 0.3) is 0 Å². The second-order valence-corrected chi connectivity index (χ2v) is 6.81. The number of ether oxygens (including phenoxy) is 1. The van der Waals surface area contributed by atoms with E-state index in [9.17, 15) is 9.59 Å².